The average molecular weight is 314 g/mol. The molecule has 1 saturated carbocycles. The van der Waals surface area contributed by atoms with E-state index in [-0.39, 0.29) is 11.9 Å². The van der Waals surface area contributed by atoms with Gasteiger partial charge in [0.2, 0.25) is 5.95 Å². The number of nitrogens with zero attached hydrogens (tertiary/aromatic N) is 3. The molecule has 0 saturated heterocycles. The molecule has 1 aliphatic rings. The number of benzene rings is 1. The Labute approximate surface area is 135 Å². The molecule has 0 aliphatic heterocycles. The van der Waals surface area contributed by atoms with Gasteiger partial charge in [-0.15, -0.1) is 0 Å². The number of aryl methyl sites for hydroxylation is 1. The minimum Gasteiger partial charge on any atom is -0.320 e. The molecule has 2 aromatic rings. The fourth-order valence-corrected chi connectivity index (χ4v) is 2.96. The number of hydroxylamine groups is 1. The van der Waals surface area contributed by atoms with E-state index in [4.69, 9.17) is 0 Å². The maximum Gasteiger partial charge on any atom is 0.257 e. The highest BCUT2D eigenvalue weighted by atomic mass is 16.5. The lowest BCUT2D eigenvalue weighted by Gasteiger charge is -2.30. The molecule has 0 unspecified atom stereocenters. The monoisotopic (exact) mass is 314 g/mol. The normalized spacial score (nSPS) is 15.4. The number of carbonyl (C=O) groups is 1. The number of rotatable bonds is 4. The van der Waals surface area contributed by atoms with E-state index < -0.39 is 0 Å². The minimum absolute atomic E-state index is 0.177. The van der Waals surface area contributed by atoms with Crippen LogP contribution < -0.4 is 10.4 Å². The van der Waals surface area contributed by atoms with Crippen molar-refractivity contribution in [3.8, 4) is 0 Å². The van der Waals surface area contributed by atoms with Gasteiger partial charge >= 0.3 is 0 Å². The number of aromatic nitrogens is 2. The molecule has 122 valence electrons. The Bertz CT molecular complexity index is 659. The average Bonchev–Trinajstić information content (AvgIpc) is 3.00. The Morgan fingerprint density at radius 1 is 1.26 bits per heavy atom. The predicted molar refractivity (Wildman–Crippen MR) is 88.7 cm³/mol. The number of hydrogen-bond acceptors (Lipinski definition) is 4. The molecule has 0 radical (unpaired) electrons. The van der Waals surface area contributed by atoms with Crippen LogP contribution in [0.2, 0.25) is 0 Å². The number of hydrogen-bond donors (Lipinski definition) is 2. The summed E-state index contributed by atoms with van der Waals surface area (Å²) >= 11 is 0. The summed E-state index contributed by atoms with van der Waals surface area (Å²) in [5, 5.41) is 14.4. The van der Waals surface area contributed by atoms with Gasteiger partial charge in [0.25, 0.3) is 5.91 Å². The van der Waals surface area contributed by atoms with E-state index in [9.17, 15) is 10.0 Å². The summed E-state index contributed by atoms with van der Waals surface area (Å²) in [5.74, 6) is 0.290. The number of anilines is 2. The summed E-state index contributed by atoms with van der Waals surface area (Å²) in [7, 11) is 1.82. The first-order valence-electron chi connectivity index (χ1n) is 8.02. The van der Waals surface area contributed by atoms with Gasteiger partial charge in [0.05, 0.1) is 11.7 Å². The van der Waals surface area contributed by atoms with Crippen molar-refractivity contribution in [1.29, 1.82) is 0 Å². The second kappa shape index (κ2) is 6.83. The van der Waals surface area contributed by atoms with Crippen LogP contribution in [0.4, 0.5) is 11.6 Å². The van der Waals surface area contributed by atoms with Crippen LogP contribution in [-0.4, -0.2) is 26.7 Å². The first kappa shape index (κ1) is 15.6. The van der Waals surface area contributed by atoms with Crippen LogP contribution in [0, 0.1) is 0 Å². The van der Waals surface area contributed by atoms with Gasteiger partial charge in [-0.1, -0.05) is 19.3 Å². The molecule has 0 bridgehead atoms. The van der Waals surface area contributed by atoms with Crippen LogP contribution in [0.5, 0.6) is 0 Å². The standard InChI is InChI=1S/C17H22N4O2/c1-20-12-11-18-17(20)19-16(22)13-7-9-15(10-8-13)21(23)14-5-3-2-4-6-14/h7-12,14,23H,2-6H2,1H3,(H,18,19,22). The van der Waals surface area contributed by atoms with Crippen molar-refractivity contribution in [3.63, 3.8) is 0 Å². The second-order valence-electron chi connectivity index (χ2n) is 6.00. The summed E-state index contributed by atoms with van der Waals surface area (Å²) in [5.41, 5.74) is 1.26. The van der Waals surface area contributed by atoms with Crippen LogP contribution >= 0.6 is 0 Å². The predicted octanol–water partition coefficient (Wildman–Crippen LogP) is 3.20. The Morgan fingerprint density at radius 3 is 2.57 bits per heavy atom. The van der Waals surface area contributed by atoms with Crippen LogP contribution in [0.15, 0.2) is 36.7 Å². The van der Waals surface area contributed by atoms with E-state index in [1.54, 1.807) is 41.2 Å². The fraction of sp³-hybridized carbons (Fsp3) is 0.412. The van der Waals surface area contributed by atoms with Crippen LogP contribution in [0.25, 0.3) is 0 Å². The molecule has 0 atom stereocenters. The van der Waals surface area contributed by atoms with E-state index in [2.05, 4.69) is 10.3 Å². The number of nitrogens with one attached hydrogen (secondary N) is 1. The molecule has 6 nitrogen and oxygen atoms in total. The molecular formula is C17H22N4O2. The van der Waals surface area contributed by atoms with Gasteiger partial charge < -0.3 is 4.57 Å². The Kier molecular flexibility index (Phi) is 4.62. The topological polar surface area (TPSA) is 70.4 Å². The maximum atomic E-state index is 12.2. The summed E-state index contributed by atoms with van der Waals surface area (Å²) in [4.78, 5) is 16.3. The third kappa shape index (κ3) is 3.53. The van der Waals surface area contributed by atoms with Crippen molar-refractivity contribution in [1.82, 2.24) is 9.55 Å². The molecule has 1 heterocycles. The maximum absolute atomic E-state index is 12.2. The fourth-order valence-electron chi connectivity index (χ4n) is 2.96. The van der Waals surface area contributed by atoms with Crippen LogP contribution in [0.3, 0.4) is 0 Å². The SMILES string of the molecule is Cn1ccnc1NC(=O)c1ccc(N(O)C2CCCCC2)cc1. The number of amides is 1. The lowest BCUT2D eigenvalue weighted by atomic mass is 9.95. The molecule has 1 aromatic heterocycles. The highest BCUT2D eigenvalue weighted by Crippen LogP contribution is 2.26. The van der Waals surface area contributed by atoms with Crippen molar-refractivity contribution in [2.45, 2.75) is 38.1 Å². The molecule has 23 heavy (non-hydrogen) atoms. The summed E-state index contributed by atoms with van der Waals surface area (Å²) in [6, 6.07) is 7.18. The van der Waals surface area contributed by atoms with Crippen molar-refractivity contribution in [3.05, 3.63) is 42.2 Å². The third-order valence-corrected chi connectivity index (χ3v) is 4.36. The van der Waals surface area contributed by atoms with Crippen molar-refractivity contribution >= 4 is 17.5 Å². The van der Waals surface area contributed by atoms with Gasteiger partial charge in [0.15, 0.2) is 0 Å². The lowest BCUT2D eigenvalue weighted by molar-refractivity contribution is 0.102. The zero-order valence-electron chi connectivity index (χ0n) is 13.3. The molecule has 1 aromatic carbocycles. The zero-order chi connectivity index (χ0) is 16.2. The first-order chi connectivity index (χ1) is 11.1. The Morgan fingerprint density at radius 2 is 1.96 bits per heavy atom. The first-order valence-corrected chi connectivity index (χ1v) is 8.02. The molecular weight excluding hydrogens is 292 g/mol. The van der Waals surface area contributed by atoms with Gasteiger partial charge in [-0.25, -0.2) is 4.98 Å². The summed E-state index contributed by atoms with van der Waals surface area (Å²) in [6.07, 6.45) is 8.99. The van der Waals surface area contributed by atoms with Crippen molar-refractivity contribution in [2.75, 3.05) is 10.4 Å². The van der Waals surface area contributed by atoms with Crippen molar-refractivity contribution < 1.29 is 10.0 Å². The summed E-state index contributed by atoms with van der Waals surface area (Å²) < 4.78 is 1.74. The van der Waals surface area contributed by atoms with Gasteiger partial charge in [0, 0.05) is 25.0 Å². The molecule has 0 spiro atoms. The largest absolute Gasteiger partial charge is 0.320 e. The van der Waals surface area contributed by atoms with Crippen LogP contribution in [-0.2, 0) is 7.05 Å². The molecule has 3 rings (SSSR count). The van der Waals surface area contributed by atoms with Gasteiger partial charge in [-0.2, -0.15) is 0 Å². The highest BCUT2D eigenvalue weighted by Gasteiger charge is 2.20. The van der Waals surface area contributed by atoms with Gasteiger partial charge in [0.1, 0.15) is 0 Å². The van der Waals surface area contributed by atoms with Gasteiger partial charge in [-0.05, 0) is 37.1 Å². The van der Waals surface area contributed by atoms with E-state index in [0.29, 0.717) is 11.5 Å². The third-order valence-electron chi connectivity index (χ3n) is 4.36. The molecule has 1 fully saturated rings. The second-order valence-corrected chi connectivity index (χ2v) is 6.00. The van der Waals surface area contributed by atoms with Crippen LogP contribution in [0.1, 0.15) is 42.5 Å². The van der Waals surface area contributed by atoms with Crippen molar-refractivity contribution in [2.24, 2.45) is 7.05 Å². The molecule has 6 heteroatoms. The molecule has 2 N–H and O–H groups in total. The van der Waals surface area contributed by atoms with E-state index in [1.807, 2.05) is 7.05 Å². The minimum atomic E-state index is -0.215. The smallest absolute Gasteiger partial charge is 0.257 e. The molecule has 1 amide bonds. The number of carbonyl (C=O) groups excluding carboxylic acids is 1. The Hall–Kier alpha value is -2.34. The van der Waals surface area contributed by atoms with Gasteiger partial charge in [-0.3, -0.25) is 20.4 Å². The Balaban J connectivity index is 1.66. The number of imidazole rings is 1. The van der Waals surface area contributed by atoms with E-state index in [0.717, 1.165) is 31.4 Å². The van der Waals surface area contributed by atoms with E-state index >= 15 is 0 Å². The molecule has 1 aliphatic carbocycles. The zero-order valence-corrected chi connectivity index (χ0v) is 13.3. The quantitative estimate of drug-likeness (QED) is 0.850. The summed E-state index contributed by atoms with van der Waals surface area (Å²) in [6.45, 7) is 0. The highest BCUT2D eigenvalue weighted by molar-refractivity contribution is 6.03. The lowest BCUT2D eigenvalue weighted by Crippen LogP contribution is -2.33. The van der Waals surface area contributed by atoms with E-state index in [1.165, 1.54) is 11.5 Å².